The Hall–Kier alpha value is -2.32. The third-order valence-corrected chi connectivity index (χ3v) is 9.81. The Labute approximate surface area is 335 Å². The molecular weight excluding hydrogens is 715 g/mol. The van der Waals surface area contributed by atoms with Crippen molar-refractivity contribution in [1.82, 2.24) is 0 Å². The van der Waals surface area contributed by atoms with E-state index in [-0.39, 0.29) is 31.5 Å². The van der Waals surface area contributed by atoms with Crippen LogP contribution in [-0.4, -0.2) is 46.8 Å². The summed E-state index contributed by atoms with van der Waals surface area (Å²) in [4.78, 5) is 55.0. The minimum atomic E-state index is -4.81. The molecule has 0 heterocycles. The second kappa shape index (κ2) is 39.9. The molecular formula is C45H79O9P. The summed E-state index contributed by atoms with van der Waals surface area (Å²) in [6.45, 7) is 3.46. The van der Waals surface area contributed by atoms with Crippen molar-refractivity contribution in [3.8, 4) is 0 Å². The van der Waals surface area contributed by atoms with Crippen LogP contribution in [0, 0.1) is 0 Å². The average molecular weight is 795 g/mol. The van der Waals surface area contributed by atoms with Gasteiger partial charge in [0.05, 0.1) is 6.61 Å². The number of carbonyl (C=O) groups is 3. The van der Waals surface area contributed by atoms with Gasteiger partial charge in [-0.1, -0.05) is 185 Å². The van der Waals surface area contributed by atoms with Gasteiger partial charge in [-0.05, 0) is 44.6 Å². The highest BCUT2D eigenvalue weighted by Crippen LogP contribution is 2.36. The number of ketones is 1. The maximum Gasteiger partial charge on any atom is 0.469 e. The Kier molecular flexibility index (Phi) is 38.2. The van der Waals surface area contributed by atoms with Crippen LogP contribution < -0.4 is 0 Å². The van der Waals surface area contributed by atoms with Crippen LogP contribution in [-0.2, 0) is 32.9 Å². The Bertz CT molecular complexity index is 1090. The summed E-state index contributed by atoms with van der Waals surface area (Å²) in [6, 6.07) is 0. The number of carbonyl (C=O) groups excluding carboxylic acids is 3. The zero-order chi connectivity index (χ0) is 40.5. The highest BCUT2D eigenvalue weighted by molar-refractivity contribution is 7.46. The Morgan fingerprint density at radius 2 is 1.00 bits per heavy atom. The predicted molar refractivity (Wildman–Crippen MR) is 226 cm³/mol. The molecule has 55 heavy (non-hydrogen) atoms. The van der Waals surface area contributed by atoms with E-state index >= 15 is 0 Å². The summed E-state index contributed by atoms with van der Waals surface area (Å²) in [5.41, 5.74) is 0. The minimum absolute atomic E-state index is 0.0212. The van der Waals surface area contributed by atoms with E-state index in [2.05, 4.69) is 42.7 Å². The van der Waals surface area contributed by atoms with Crippen LogP contribution >= 0.6 is 7.82 Å². The van der Waals surface area contributed by atoms with Crippen molar-refractivity contribution in [3.63, 3.8) is 0 Å². The Balaban J connectivity index is 4.05. The van der Waals surface area contributed by atoms with Crippen molar-refractivity contribution in [1.29, 1.82) is 0 Å². The number of phosphoric acid groups is 1. The van der Waals surface area contributed by atoms with Gasteiger partial charge in [-0.3, -0.25) is 18.9 Å². The first kappa shape index (κ1) is 52.7. The Morgan fingerprint density at radius 1 is 0.527 bits per heavy atom. The van der Waals surface area contributed by atoms with Gasteiger partial charge in [0.25, 0.3) is 0 Å². The van der Waals surface area contributed by atoms with E-state index in [4.69, 9.17) is 19.3 Å². The quantitative estimate of drug-likeness (QED) is 0.0155. The van der Waals surface area contributed by atoms with Crippen molar-refractivity contribution >= 4 is 25.5 Å². The van der Waals surface area contributed by atoms with E-state index in [0.717, 1.165) is 38.5 Å². The molecule has 0 fully saturated rings. The van der Waals surface area contributed by atoms with E-state index < -0.39 is 39.1 Å². The second-order valence-corrected chi connectivity index (χ2v) is 16.0. The summed E-state index contributed by atoms with van der Waals surface area (Å²) >= 11 is 0. The van der Waals surface area contributed by atoms with Gasteiger partial charge in [0.15, 0.2) is 11.9 Å². The van der Waals surface area contributed by atoms with E-state index in [1.54, 1.807) is 6.08 Å². The lowest BCUT2D eigenvalue weighted by Crippen LogP contribution is -2.29. The van der Waals surface area contributed by atoms with Gasteiger partial charge in [-0.15, -0.1) is 0 Å². The minimum Gasteiger partial charge on any atom is -0.462 e. The zero-order valence-electron chi connectivity index (χ0n) is 34.8. The lowest BCUT2D eigenvalue weighted by molar-refractivity contribution is -0.161. The molecule has 1 atom stereocenters. The number of rotatable bonds is 40. The molecule has 0 aromatic heterocycles. The number of phosphoric ester groups is 1. The molecule has 0 aromatic carbocycles. The molecule has 2 N–H and O–H groups in total. The first-order valence-electron chi connectivity index (χ1n) is 21.9. The standard InChI is InChI=1S/C45H79O9P/c1-3-5-7-9-11-13-15-17-18-19-20-21-22-24-26-28-30-32-34-38-45(48)54-43(41-53-55(49,50)51)40-52-44(47)39-35-37-42(46)36-33-31-29-27-25-23-16-14-12-10-8-6-4-2/h12,14,23,25,29,31,33,36,43H,3-11,13,15-22,24,26-28,30,32,34-35,37-41H2,1-2H3,(H2,49,50,51)/b14-12-,25-23-,31-29-,36-33+/t43-/m1/s1. The van der Waals surface area contributed by atoms with Crippen molar-refractivity contribution in [2.45, 2.75) is 206 Å². The summed E-state index contributed by atoms with van der Waals surface area (Å²) in [5, 5.41) is 0. The van der Waals surface area contributed by atoms with Crippen LogP contribution in [0.5, 0.6) is 0 Å². The van der Waals surface area contributed by atoms with Crippen LogP contribution in [0.3, 0.4) is 0 Å². The number of unbranched alkanes of at least 4 members (excludes halogenated alkanes) is 21. The SMILES string of the molecule is CCCCC/C=C\C/C=C\C/C=C\C=C\C(=O)CCCC(=O)OC[C@H](COP(=O)(O)O)OC(=O)CCCCCCCCCCCCCCCCCCCCC. The zero-order valence-corrected chi connectivity index (χ0v) is 35.7. The number of ether oxygens (including phenoxy) is 2. The van der Waals surface area contributed by atoms with E-state index in [9.17, 15) is 18.9 Å². The van der Waals surface area contributed by atoms with E-state index in [1.807, 2.05) is 12.2 Å². The topological polar surface area (TPSA) is 136 Å². The Morgan fingerprint density at radius 3 is 1.55 bits per heavy atom. The van der Waals surface area contributed by atoms with Crippen molar-refractivity contribution in [3.05, 3.63) is 48.6 Å². The highest BCUT2D eigenvalue weighted by Gasteiger charge is 2.23. The van der Waals surface area contributed by atoms with Crippen molar-refractivity contribution in [2.75, 3.05) is 13.2 Å². The van der Waals surface area contributed by atoms with Gasteiger partial charge in [-0.25, -0.2) is 4.57 Å². The molecule has 0 unspecified atom stereocenters. The maximum absolute atomic E-state index is 12.4. The first-order chi connectivity index (χ1) is 26.7. The largest absolute Gasteiger partial charge is 0.469 e. The van der Waals surface area contributed by atoms with Gasteiger partial charge in [-0.2, -0.15) is 0 Å². The molecule has 0 spiro atoms. The molecule has 318 valence electrons. The summed E-state index contributed by atoms with van der Waals surface area (Å²) < 4.78 is 26.2. The van der Waals surface area contributed by atoms with Crippen molar-refractivity contribution < 1.29 is 42.7 Å². The predicted octanol–water partition coefficient (Wildman–Crippen LogP) is 12.7. The molecule has 0 aliphatic rings. The number of allylic oxidation sites excluding steroid dienone is 8. The summed E-state index contributed by atoms with van der Waals surface area (Å²) in [6.07, 6.45) is 45.5. The van der Waals surface area contributed by atoms with Gasteiger partial charge in [0.2, 0.25) is 0 Å². The summed E-state index contributed by atoms with van der Waals surface area (Å²) in [5.74, 6) is -1.25. The lowest BCUT2D eigenvalue weighted by Gasteiger charge is -2.18. The molecule has 0 rings (SSSR count). The fourth-order valence-electron chi connectivity index (χ4n) is 6.03. The highest BCUT2D eigenvalue weighted by atomic mass is 31.2. The fourth-order valence-corrected chi connectivity index (χ4v) is 6.39. The third-order valence-electron chi connectivity index (χ3n) is 9.33. The maximum atomic E-state index is 12.4. The van der Waals surface area contributed by atoms with E-state index in [1.165, 1.54) is 122 Å². The van der Waals surface area contributed by atoms with Crippen LogP contribution in [0.2, 0.25) is 0 Å². The second-order valence-electron chi connectivity index (χ2n) is 14.7. The van der Waals surface area contributed by atoms with Gasteiger partial charge in [0, 0.05) is 19.3 Å². The number of esters is 2. The molecule has 0 aliphatic carbocycles. The smallest absolute Gasteiger partial charge is 0.462 e. The average Bonchev–Trinajstić information content (AvgIpc) is 3.15. The van der Waals surface area contributed by atoms with Crippen LogP contribution in [0.4, 0.5) is 0 Å². The van der Waals surface area contributed by atoms with Gasteiger partial charge >= 0.3 is 19.8 Å². The molecule has 0 aliphatic heterocycles. The molecule has 10 heteroatoms. The molecule has 0 aromatic rings. The molecule has 0 radical (unpaired) electrons. The van der Waals surface area contributed by atoms with Crippen LogP contribution in [0.25, 0.3) is 0 Å². The van der Waals surface area contributed by atoms with E-state index in [0.29, 0.717) is 6.42 Å². The molecule has 9 nitrogen and oxygen atoms in total. The van der Waals surface area contributed by atoms with Gasteiger partial charge in [0.1, 0.15) is 6.61 Å². The molecule has 0 amide bonds. The van der Waals surface area contributed by atoms with Gasteiger partial charge < -0.3 is 19.3 Å². The first-order valence-corrected chi connectivity index (χ1v) is 23.4. The number of hydrogen-bond donors (Lipinski definition) is 2. The molecule has 0 saturated heterocycles. The lowest BCUT2D eigenvalue weighted by atomic mass is 10.0. The third kappa shape index (κ3) is 42.7. The molecule has 0 saturated carbocycles. The number of hydrogen-bond acceptors (Lipinski definition) is 7. The summed E-state index contributed by atoms with van der Waals surface area (Å²) in [7, 11) is -4.81. The van der Waals surface area contributed by atoms with Crippen molar-refractivity contribution in [2.24, 2.45) is 0 Å². The van der Waals surface area contributed by atoms with Crippen LogP contribution in [0.1, 0.15) is 200 Å². The normalized spacial score (nSPS) is 12.8. The fraction of sp³-hybridized carbons (Fsp3) is 0.756. The molecule has 0 bridgehead atoms. The monoisotopic (exact) mass is 795 g/mol. The van der Waals surface area contributed by atoms with Crippen LogP contribution in [0.15, 0.2) is 48.6 Å².